The smallest absolute Gasteiger partial charge is 0.226 e. The van der Waals surface area contributed by atoms with Gasteiger partial charge in [-0.05, 0) is 24.8 Å². The molecule has 21 heavy (non-hydrogen) atoms. The molecule has 1 aliphatic carbocycles. The van der Waals surface area contributed by atoms with Crippen molar-refractivity contribution in [3.8, 4) is 0 Å². The van der Waals surface area contributed by atoms with Gasteiger partial charge < -0.3 is 5.32 Å². The highest BCUT2D eigenvalue weighted by Gasteiger charge is 2.40. The molecule has 0 saturated heterocycles. The fraction of sp³-hybridized carbons (Fsp3) is 0.562. The summed E-state index contributed by atoms with van der Waals surface area (Å²) in [6.45, 7) is 3.72. The molecule has 2 atom stereocenters. The molecular formula is C16H20F3NO. The first-order valence-electron chi connectivity index (χ1n) is 7.26. The second kappa shape index (κ2) is 6.08. The molecule has 2 rings (SSSR count). The molecule has 1 aliphatic rings. The van der Waals surface area contributed by atoms with Crippen LogP contribution in [-0.4, -0.2) is 5.91 Å². The Morgan fingerprint density at radius 3 is 2.71 bits per heavy atom. The Morgan fingerprint density at radius 2 is 2.05 bits per heavy atom. The van der Waals surface area contributed by atoms with Gasteiger partial charge in [0.25, 0.3) is 0 Å². The quantitative estimate of drug-likeness (QED) is 0.842. The molecule has 1 N–H and O–H groups in total. The summed E-state index contributed by atoms with van der Waals surface area (Å²) in [6, 6.07) is 1.40. The van der Waals surface area contributed by atoms with Gasteiger partial charge in [-0.1, -0.05) is 26.7 Å². The maximum absolute atomic E-state index is 13.6. The number of hydrogen-bond acceptors (Lipinski definition) is 1. The summed E-state index contributed by atoms with van der Waals surface area (Å²) in [5, 5.41) is 2.62. The van der Waals surface area contributed by atoms with Crippen molar-refractivity contribution < 1.29 is 18.0 Å². The van der Waals surface area contributed by atoms with Crippen molar-refractivity contribution in [3.05, 3.63) is 35.1 Å². The van der Waals surface area contributed by atoms with Crippen LogP contribution in [0.5, 0.6) is 0 Å². The van der Waals surface area contributed by atoms with Crippen LogP contribution in [-0.2, 0) is 11.3 Å². The fourth-order valence-electron chi connectivity index (χ4n) is 2.96. The van der Waals surface area contributed by atoms with Crippen LogP contribution in [0.15, 0.2) is 12.1 Å². The first kappa shape index (κ1) is 15.9. The predicted molar refractivity (Wildman–Crippen MR) is 73.9 cm³/mol. The van der Waals surface area contributed by atoms with Gasteiger partial charge >= 0.3 is 0 Å². The third-order valence-electron chi connectivity index (χ3n) is 4.70. The Hall–Kier alpha value is -1.52. The van der Waals surface area contributed by atoms with Gasteiger partial charge in [0.1, 0.15) is 5.82 Å². The number of carbonyl (C=O) groups is 1. The molecule has 1 aromatic carbocycles. The number of nitrogens with one attached hydrogen (secondary N) is 1. The standard InChI is InChI=1S/C16H20F3NO/c1-10-5-3-4-6-16(10,2)15(21)20-9-11-7-12(17)8-13(18)14(11)19/h7-8,10H,3-6,9H2,1-2H3,(H,20,21). The largest absolute Gasteiger partial charge is 0.351 e. The second-order valence-corrected chi connectivity index (χ2v) is 6.11. The Bertz CT molecular complexity index is 547. The van der Waals surface area contributed by atoms with Crippen LogP contribution >= 0.6 is 0 Å². The molecule has 5 heteroatoms. The number of amides is 1. The molecule has 1 amide bonds. The van der Waals surface area contributed by atoms with Crippen LogP contribution < -0.4 is 5.32 Å². The first-order valence-corrected chi connectivity index (χ1v) is 7.26. The van der Waals surface area contributed by atoms with Crippen molar-refractivity contribution in [3.63, 3.8) is 0 Å². The van der Waals surface area contributed by atoms with Gasteiger partial charge in [-0.2, -0.15) is 0 Å². The monoisotopic (exact) mass is 299 g/mol. The van der Waals surface area contributed by atoms with Crippen LogP contribution in [0.3, 0.4) is 0 Å². The van der Waals surface area contributed by atoms with Gasteiger partial charge in [0.15, 0.2) is 11.6 Å². The molecule has 0 bridgehead atoms. The highest BCUT2D eigenvalue weighted by Crippen LogP contribution is 2.40. The minimum Gasteiger partial charge on any atom is -0.351 e. The van der Waals surface area contributed by atoms with Crippen molar-refractivity contribution >= 4 is 5.91 Å². The Morgan fingerprint density at radius 1 is 1.33 bits per heavy atom. The zero-order valence-electron chi connectivity index (χ0n) is 12.3. The number of halogens is 3. The van der Waals surface area contributed by atoms with E-state index in [1.165, 1.54) is 0 Å². The second-order valence-electron chi connectivity index (χ2n) is 6.11. The summed E-state index contributed by atoms with van der Waals surface area (Å²) in [5.41, 5.74) is -0.673. The summed E-state index contributed by atoms with van der Waals surface area (Å²) >= 11 is 0. The first-order chi connectivity index (χ1) is 9.84. The van der Waals surface area contributed by atoms with Gasteiger partial charge in [0.05, 0.1) is 0 Å². The van der Waals surface area contributed by atoms with Gasteiger partial charge in [-0.25, -0.2) is 13.2 Å². The third kappa shape index (κ3) is 3.22. The highest BCUT2D eigenvalue weighted by atomic mass is 19.2. The van der Waals surface area contributed by atoms with E-state index in [-0.39, 0.29) is 23.9 Å². The molecule has 0 aromatic heterocycles. The maximum atomic E-state index is 13.6. The van der Waals surface area contributed by atoms with E-state index < -0.39 is 22.9 Å². The predicted octanol–water partition coefficient (Wildman–Crippen LogP) is 3.94. The lowest BCUT2D eigenvalue weighted by atomic mass is 9.68. The summed E-state index contributed by atoms with van der Waals surface area (Å²) in [7, 11) is 0. The van der Waals surface area contributed by atoms with E-state index in [0.717, 1.165) is 31.7 Å². The lowest BCUT2D eigenvalue weighted by Crippen LogP contribution is -2.44. The Balaban J connectivity index is 2.08. The molecule has 2 nitrogen and oxygen atoms in total. The van der Waals surface area contributed by atoms with E-state index in [1.54, 1.807) is 0 Å². The van der Waals surface area contributed by atoms with Crippen LogP contribution in [0.1, 0.15) is 45.1 Å². The number of benzene rings is 1. The molecule has 116 valence electrons. The van der Waals surface area contributed by atoms with E-state index in [2.05, 4.69) is 5.32 Å². The number of hydrogen-bond donors (Lipinski definition) is 1. The summed E-state index contributed by atoms with van der Waals surface area (Å²) in [6.07, 6.45) is 3.85. The van der Waals surface area contributed by atoms with Crippen LogP contribution in [0.4, 0.5) is 13.2 Å². The van der Waals surface area contributed by atoms with Crippen LogP contribution in [0.2, 0.25) is 0 Å². The Labute approximate surface area is 122 Å². The molecule has 1 fully saturated rings. The zero-order valence-corrected chi connectivity index (χ0v) is 12.3. The van der Waals surface area contributed by atoms with Crippen molar-refractivity contribution in [1.82, 2.24) is 5.32 Å². The molecule has 1 saturated carbocycles. The minimum atomic E-state index is -1.24. The van der Waals surface area contributed by atoms with Gasteiger partial charge in [-0.15, -0.1) is 0 Å². The van der Waals surface area contributed by atoms with E-state index in [1.807, 2.05) is 13.8 Å². The molecule has 0 aliphatic heterocycles. The summed E-state index contributed by atoms with van der Waals surface area (Å²) in [4.78, 5) is 12.4. The van der Waals surface area contributed by atoms with Gasteiger partial charge in [0.2, 0.25) is 5.91 Å². The summed E-state index contributed by atoms with van der Waals surface area (Å²) < 4.78 is 39.8. The third-order valence-corrected chi connectivity index (χ3v) is 4.70. The topological polar surface area (TPSA) is 29.1 Å². The van der Waals surface area contributed by atoms with E-state index in [0.29, 0.717) is 6.07 Å². The highest BCUT2D eigenvalue weighted by molar-refractivity contribution is 5.82. The minimum absolute atomic E-state index is 0.173. The molecule has 0 radical (unpaired) electrons. The lowest BCUT2D eigenvalue weighted by Gasteiger charge is -2.38. The van der Waals surface area contributed by atoms with Gasteiger partial charge in [0, 0.05) is 23.6 Å². The zero-order chi connectivity index (χ0) is 15.6. The normalized spacial score (nSPS) is 25.7. The maximum Gasteiger partial charge on any atom is 0.226 e. The van der Waals surface area contributed by atoms with Crippen molar-refractivity contribution in [1.29, 1.82) is 0 Å². The number of rotatable bonds is 3. The van der Waals surface area contributed by atoms with Gasteiger partial charge in [-0.3, -0.25) is 4.79 Å². The van der Waals surface area contributed by atoms with Crippen LogP contribution in [0, 0.1) is 28.8 Å². The molecule has 1 aromatic rings. The van der Waals surface area contributed by atoms with Crippen LogP contribution in [0.25, 0.3) is 0 Å². The van der Waals surface area contributed by atoms with E-state index >= 15 is 0 Å². The summed E-state index contributed by atoms with van der Waals surface area (Å²) in [5.74, 6) is -3.15. The Kier molecular flexibility index (Phi) is 4.59. The molecule has 0 heterocycles. The average molecular weight is 299 g/mol. The lowest BCUT2D eigenvalue weighted by molar-refractivity contribution is -0.135. The fourth-order valence-corrected chi connectivity index (χ4v) is 2.96. The SMILES string of the molecule is CC1CCCCC1(C)C(=O)NCc1cc(F)cc(F)c1F. The average Bonchev–Trinajstić information content (AvgIpc) is 2.44. The molecule has 2 unspecified atom stereocenters. The van der Waals surface area contributed by atoms with E-state index in [9.17, 15) is 18.0 Å². The van der Waals surface area contributed by atoms with Crippen molar-refractivity contribution in [2.75, 3.05) is 0 Å². The number of carbonyl (C=O) groups excluding carboxylic acids is 1. The van der Waals surface area contributed by atoms with E-state index in [4.69, 9.17) is 0 Å². The molecular weight excluding hydrogens is 279 g/mol. The van der Waals surface area contributed by atoms with Crippen molar-refractivity contribution in [2.45, 2.75) is 46.1 Å². The molecule has 0 spiro atoms. The van der Waals surface area contributed by atoms with Crippen molar-refractivity contribution in [2.24, 2.45) is 11.3 Å².